The van der Waals surface area contributed by atoms with E-state index < -0.39 is 6.04 Å². The quantitative estimate of drug-likeness (QED) is 0.696. The van der Waals surface area contributed by atoms with E-state index in [1.807, 2.05) is 48.7 Å². The van der Waals surface area contributed by atoms with Gasteiger partial charge in [0, 0.05) is 10.6 Å². The third-order valence-corrected chi connectivity index (χ3v) is 4.30. The minimum Gasteiger partial charge on any atom is -0.373 e. The summed E-state index contributed by atoms with van der Waals surface area (Å²) in [4.78, 5) is 27.1. The van der Waals surface area contributed by atoms with Crippen LogP contribution in [-0.2, 0) is 9.59 Å². The zero-order chi connectivity index (χ0) is 15.5. The van der Waals surface area contributed by atoms with E-state index in [-0.39, 0.29) is 18.2 Å². The van der Waals surface area contributed by atoms with Gasteiger partial charge >= 0.3 is 0 Å². The molecule has 3 rings (SSSR count). The Morgan fingerprint density at radius 3 is 2.59 bits per heavy atom. The highest BCUT2D eigenvalue weighted by Crippen LogP contribution is 2.26. The van der Waals surface area contributed by atoms with Crippen molar-refractivity contribution in [2.45, 2.75) is 17.4 Å². The van der Waals surface area contributed by atoms with Gasteiger partial charge in [-0.25, -0.2) is 4.90 Å². The summed E-state index contributed by atoms with van der Waals surface area (Å²) in [5.74, 6) is -0.375. The molecule has 1 saturated heterocycles. The van der Waals surface area contributed by atoms with Crippen LogP contribution in [0.4, 0.5) is 11.4 Å². The van der Waals surface area contributed by atoms with E-state index in [0.29, 0.717) is 5.69 Å². The third kappa shape index (κ3) is 2.85. The number of hydrogen-bond acceptors (Lipinski definition) is 4. The van der Waals surface area contributed by atoms with Gasteiger partial charge in [-0.05, 0) is 36.6 Å². The monoisotopic (exact) mass is 312 g/mol. The fraction of sp³-hybridized carbons (Fsp3) is 0.176. The summed E-state index contributed by atoms with van der Waals surface area (Å²) in [6, 6.07) is 16.4. The van der Waals surface area contributed by atoms with E-state index in [9.17, 15) is 9.59 Å². The molecular weight excluding hydrogens is 296 g/mol. The molecule has 5 heteroatoms. The third-order valence-electron chi connectivity index (χ3n) is 3.57. The zero-order valence-corrected chi connectivity index (χ0v) is 13.0. The lowest BCUT2D eigenvalue weighted by Gasteiger charge is -2.16. The van der Waals surface area contributed by atoms with Crippen molar-refractivity contribution in [3.63, 3.8) is 0 Å². The van der Waals surface area contributed by atoms with Crippen LogP contribution in [0.3, 0.4) is 0 Å². The number of nitrogens with zero attached hydrogens (tertiary/aromatic N) is 1. The molecule has 0 spiro atoms. The van der Waals surface area contributed by atoms with E-state index in [4.69, 9.17) is 0 Å². The number of anilines is 2. The molecule has 1 aliphatic heterocycles. The van der Waals surface area contributed by atoms with Crippen LogP contribution in [0.25, 0.3) is 0 Å². The van der Waals surface area contributed by atoms with Crippen molar-refractivity contribution in [2.75, 3.05) is 16.5 Å². The largest absolute Gasteiger partial charge is 0.373 e. The summed E-state index contributed by atoms with van der Waals surface area (Å²) in [6.07, 6.45) is 2.18. The molecule has 1 heterocycles. The number of amides is 2. The molecule has 22 heavy (non-hydrogen) atoms. The lowest BCUT2D eigenvalue weighted by Crippen LogP contribution is -2.34. The average Bonchev–Trinajstić information content (AvgIpc) is 2.82. The van der Waals surface area contributed by atoms with Gasteiger partial charge in [0.2, 0.25) is 5.91 Å². The van der Waals surface area contributed by atoms with Gasteiger partial charge in [0.15, 0.2) is 0 Å². The normalized spacial score (nSPS) is 17.9. The number of rotatable bonds is 4. The molecule has 2 amide bonds. The molecular formula is C17H16N2O2S. The van der Waals surface area contributed by atoms with Crippen molar-refractivity contribution in [2.24, 2.45) is 0 Å². The topological polar surface area (TPSA) is 49.4 Å². The van der Waals surface area contributed by atoms with E-state index in [0.717, 1.165) is 10.6 Å². The van der Waals surface area contributed by atoms with E-state index in [1.165, 1.54) is 4.90 Å². The van der Waals surface area contributed by atoms with Crippen molar-refractivity contribution in [1.82, 2.24) is 0 Å². The Bertz CT molecular complexity index is 703. The van der Waals surface area contributed by atoms with E-state index in [1.54, 1.807) is 23.9 Å². The Labute approximate surface area is 133 Å². The van der Waals surface area contributed by atoms with E-state index in [2.05, 4.69) is 5.32 Å². The highest BCUT2D eigenvalue weighted by molar-refractivity contribution is 7.98. The Kier molecular flexibility index (Phi) is 4.15. The molecule has 1 N–H and O–H groups in total. The Morgan fingerprint density at radius 2 is 1.86 bits per heavy atom. The number of para-hydroxylation sites is 1. The molecule has 1 aliphatic rings. The molecule has 0 radical (unpaired) electrons. The van der Waals surface area contributed by atoms with Gasteiger partial charge in [0.1, 0.15) is 6.04 Å². The van der Waals surface area contributed by atoms with Crippen LogP contribution in [-0.4, -0.2) is 24.1 Å². The second kappa shape index (κ2) is 6.23. The van der Waals surface area contributed by atoms with Gasteiger partial charge in [-0.2, -0.15) is 0 Å². The SMILES string of the molecule is CSc1cccc(N[C@H]2CC(=O)N(c3ccccc3)C2=O)c1. The lowest BCUT2D eigenvalue weighted by atomic mass is 10.2. The fourth-order valence-electron chi connectivity index (χ4n) is 2.51. The van der Waals surface area contributed by atoms with Crippen molar-refractivity contribution < 1.29 is 9.59 Å². The second-order valence-corrected chi connectivity index (χ2v) is 5.92. The fourth-order valence-corrected chi connectivity index (χ4v) is 2.97. The molecule has 4 nitrogen and oxygen atoms in total. The number of thioether (sulfide) groups is 1. The summed E-state index contributed by atoms with van der Waals surface area (Å²) in [5.41, 5.74) is 1.48. The van der Waals surface area contributed by atoms with Crippen LogP contribution < -0.4 is 10.2 Å². The summed E-state index contributed by atoms with van der Waals surface area (Å²) in [5, 5.41) is 3.17. The first kappa shape index (κ1) is 14.7. The maximum Gasteiger partial charge on any atom is 0.256 e. The van der Waals surface area contributed by atoms with E-state index >= 15 is 0 Å². The predicted octanol–water partition coefficient (Wildman–Crippen LogP) is 3.15. The maximum absolute atomic E-state index is 12.5. The van der Waals surface area contributed by atoms with Crippen molar-refractivity contribution in [3.8, 4) is 0 Å². The molecule has 0 bridgehead atoms. The van der Waals surface area contributed by atoms with Crippen LogP contribution >= 0.6 is 11.8 Å². The van der Waals surface area contributed by atoms with Crippen molar-refractivity contribution in [1.29, 1.82) is 0 Å². The Hall–Kier alpha value is -2.27. The van der Waals surface area contributed by atoms with Gasteiger partial charge in [-0.1, -0.05) is 24.3 Å². The highest BCUT2D eigenvalue weighted by Gasteiger charge is 2.39. The molecule has 2 aromatic rings. The second-order valence-electron chi connectivity index (χ2n) is 5.04. The van der Waals surface area contributed by atoms with Crippen LogP contribution in [0.15, 0.2) is 59.5 Å². The summed E-state index contributed by atoms with van der Waals surface area (Å²) in [6.45, 7) is 0. The number of imide groups is 1. The number of benzene rings is 2. The minimum absolute atomic E-state index is 0.172. The Morgan fingerprint density at radius 1 is 1.09 bits per heavy atom. The first-order valence-electron chi connectivity index (χ1n) is 7.01. The van der Waals surface area contributed by atoms with Crippen LogP contribution in [0, 0.1) is 0 Å². The molecule has 0 unspecified atom stereocenters. The smallest absolute Gasteiger partial charge is 0.256 e. The van der Waals surface area contributed by atoms with Gasteiger partial charge in [-0.15, -0.1) is 11.8 Å². The zero-order valence-electron chi connectivity index (χ0n) is 12.2. The first-order chi connectivity index (χ1) is 10.7. The van der Waals surface area contributed by atoms with Crippen molar-refractivity contribution >= 4 is 35.0 Å². The molecule has 1 atom stereocenters. The van der Waals surface area contributed by atoms with Gasteiger partial charge in [0.05, 0.1) is 12.1 Å². The summed E-state index contributed by atoms with van der Waals surface area (Å²) >= 11 is 1.64. The minimum atomic E-state index is -0.509. The Balaban J connectivity index is 1.79. The number of hydrogen-bond donors (Lipinski definition) is 1. The summed E-state index contributed by atoms with van der Waals surface area (Å²) < 4.78 is 0. The van der Waals surface area contributed by atoms with Crippen molar-refractivity contribution in [3.05, 3.63) is 54.6 Å². The van der Waals surface area contributed by atoms with Gasteiger partial charge in [0.25, 0.3) is 5.91 Å². The number of carbonyl (C=O) groups excluding carboxylic acids is 2. The first-order valence-corrected chi connectivity index (χ1v) is 8.24. The standard InChI is InChI=1S/C17H16N2O2S/c1-22-14-9-5-6-12(10-14)18-15-11-16(20)19(17(15)21)13-7-3-2-4-8-13/h2-10,15,18H,11H2,1H3/t15-/m0/s1. The molecule has 112 valence electrons. The van der Waals surface area contributed by atoms with Crippen LogP contribution in [0.5, 0.6) is 0 Å². The van der Waals surface area contributed by atoms with Gasteiger partial charge in [-0.3, -0.25) is 9.59 Å². The van der Waals surface area contributed by atoms with Crippen LogP contribution in [0.1, 0.15) is 6.42 Å². The number of nitrogens with one attached hydrogen (secondary N) is 1. The molecule has 1 fully saturated rings. The molecule has 2 aromatic carbocycles. The highest BCUT2D eigenvalue weighted by atomic mass is 32.2. The molecule has 0 saturated carbocycles. The average molecular weight is 312 g/mol. The predicted molar refractivity (Wildman–Crippen MR) is 89.2 cm³/mol. The summed E-state index contributed by atoms with van der Waals surface area (Å²) in [7, 11) is 0. The van der Waals surface area contributed by atoms with Gasteiger partial charge < -0.3 is 5.32 Å². The molecule has 0 aliphatic carbocycles. The number of carbonyl (C=O) groups is 2. The maximum atomic E-state index is 12.5. The van der Waals surface area contributed by atoms with Crippen LogP contribution in [0.2, 0.25) is 0 Å². The molecule has 0 aromatic heterocycles. The lowest BCUT2D eigenvalue weighted by molar-refractivity contribution is -0.121.